The first-order valence-corrected chi connectivity index (χ1v) is 6.89. The number of carbonyl (C=O) groups is 1. The summed E-state index contributed by atoms with van der Waals surface area (Å²) in [5.74, 6) is 1.08. The van der Waals surface area contributed by atoms with Crippen LogP contribution in [0.3, 0.4) is 0 Å². The Bertz CT molecular complexity index is 650. The van der Waals surface area contributed by atoms with Crippen molar-refractivity contribution in [3.63, 3.8) is 0 Å². The predicted molar refractivity (Wildman–Crippen MR) is 81.9 cm³/mol. The molecule has 0 unspecified atom stereocenters. The first-order chi connectivity index (χ1) is 9.56. The number of ketones is 1. The van der Waals surface area contributed by atoms with Crippen LogP contribution in [0, 0.1) is 6.92 Å². The van der Waals surface area contributed by atoms with Crippen molar-refractivity contribution in [2.45, 2.75) is 6.92 Å². The van der Waals surface area contributed by atoms with E-state index in [1.54, 1.807) is 38.5 Å². The van der Waals surface area contributed by atoms with Crippen molar-refractivity contribution in [1.82, 2.24) is 0 Å². The maximum Gasteiger partial charge on any atom is 0.196 e. The molecule has 0 aliphatic carbocycles. The third-order valence-electron chi connectivity index (χ3n) is 3.07. The molecular weight excluding hydrogens is 320 g/mol. The van der Waals surface area contributed by atoms with Crippen LogP contribution in [0.1, 0.15) is 21.5 Å². The monoisotopic (exact) mass is 334 g/mol. The summed E-state index contributed by atoms with van der Waals surface area (Å²) >= 11 is 3.43. The van der Waals surface area contributed by atoms with Gasteiger partial charge in [0.15, 0.2) is 5.78 Å². The molecule has 0 aromatic heterocycles. The summed E-state index contributed by atoms with van der Waals surface area (Å²) in [5, 5.41) is 0. The number of ether oxygens (including phenoxy) is 2. The Labute approximate surface area is 126 Å². The van der Waals surface area contributed by atoms with Crippen LogP contribution >= 0.6 is 15.9 Å². The normalized spacial score (nSPS) is 10.2. The molecule has 0 N–H and O–H groups in total. The lowest BCUT2D eigenvalue weighted by Gasteiger charge is -2.10. The van der Waals surface area contributed by atoms with Crippen LogP contribution in [-0.4, -0.2) is 20.0 Å². The molecule has 4 heteroatoms. The molecule has 0 radical (unpaired) electrons. The molecule has 2 rings (SSSR count). The van der Waals surface area contributed by atoms with E-state index in [2.05, 4.69) is 15.9 Å². The van der Waals surface area contributed by atoms with Gasteiger partial charge in [-0.25, -0.2) is 0 Å². The van der Waals surface area contributed by atoms with Gasteiger partial charge in [0.1, 0.15) is 11.5 Å². The molecule has 0 amide bonds. The van der Waals surface area contributed by atoms with Crippen molar-refractivity contribution >= 4 is 21.7 Å². The van der Waals surface area contributed by atoms with Gasteiger partial charge in [0, 0.05) is 10.0 Å². The van der Waals surface area contributed by atoms with Crippen LogP contribution in [0.5, 0.6) is 11.5 Å². The summed E-state index contributed by atoms with van der Waals surface area (Å²) in [5.41, 5.74) is 2.13. The largest absolute Gasteiger partial charge is 0.497 e. The third-order valence-corrected chi connectivity index (χ3v) is 3.96. The number of benzene rings is 2. The fourth-order valence-corrected chi connectivity index (χ4v) is 2.18. The molecule has 0 fully saturated rings. The Morgan fingerprint density at radius 3 is 2.40 bits per heavy atom. The highest BCUT2D eigenvalue weighted by molar-refractivity contribution is 9.10. The zero-order valence-electron chi connectivity index (χ0n) is 11.6. The van der Waals surface area contributed by atoms with Gasteiger partial charge in [-0.15, -0.1) is 0 Å². The highest BCUT2D eigenvalue weighted by atomic mass is 79.9. The maximum atomic E-state index is 12.6. The van der Waals surface area contributed by atoms with E-state index in [-0.39, 0.29) is 5.78 Å². The summed E-state index contributed by atoms with van der Waals surface area (Å²) in [6.07, 6.45) is 0. The Morgan fingerprint density at radius 2 is 1.80 bits per heavy atom. The molecule has 104 valence electrons. The quantitative estimate of drug-likeness (QED) is 0.792. The van der Waals surface area contributed by atoms with Crippen molar-refractivity contribution in [1.29, 1.82) is 0 Å². The minimum Gasteiger partial charge on any atom is -0.497 e. The molecule has 0 spiro atoms. The predicted octanol–water partition coefficient (Wildman–Crippen LogP) is 4.01. The minimum atomic E-state index is -0.0867. The standard InChI is InChI=1S/C16H15BrO3/c1-10-8-11(4-6-14(10)17)16(18)13-9-12(19-2)5-7-15(13)20-3/h4-9H,1-3H3. The second-order valence-corrected chi connectivity index (χ2v) is 5.21. The van der Waals surface area contributed by atoms with Crippen LogP contribution in [0.15, 0.2) is 40.9 Å². The van der Waals surface area contributed by atoms with E-state index in [1.807, 2.05) is 19.1 Å². The van der Waals surface area contributed by atoms with Crippen molar-refractivity contribution in [2.24, 2.45) is 0 Å². The van der Waals surface area contributed by atoms with Crippen LogP contribution in [0.25, 0.3) is 0 Å². The summed E-state index contributed by atoms with van der Waals surface area (Å²) in [6.45, 7) is 1.95. The van der Waals surface area contributed by atoms with E-state index in [0.29, 0.717) is 22.6 Å². The highest BCUT2D eigenvalue weighted by Crippen LogP contribution is 2.27. The van der Waals surface area contributed by atoms with Gasteiger partial charge in [-0.3, -0.25) is 4.79 Å². The zero-order valence-corrected chi connectivity index (χ0v) is 13.2. The lowest BCUT2D eigenvalue weighted by molar-refractivity contribution is 0.103. The molecule has 2 aromatic rings. The summed E-state index contributed by atoms with van der Waals surface area (Å²) in [7, 11) is 3.12. The number of rotatable bonds is 4. The van der Waals surface area contributed by atoms with E-state index in [0.717, 1.165) is 10.0 Å². The Kier molecular flexibility index (Phi) is 4.45. The average Bonchev–Trinajstić information content (AvgIpc) is 2.48. The number of aryl methyl sites for hydroxylation is 1. The molecular formula is C16H15BrO3. The van der Waals surface area contributed by atoms with Gasteiger partial charge < -0.3 is 9.47 Å². The molecule has 2 aromatic carbocycles. The SMILES string of the molecule is COc1ccc(OC)c(C(=O)c2ccc(Br)c(C)c2)c1. The first kappa shape index (κ1) is 14.6. The summed E-state index contributed by atoms with van der Waals surface area (Å²) in [4.78, 5) is 12.6. The van der Waals surface area contributed by atoms with Crippen LogP contribution < -0.4 is 9.47 Å². The fourth-order valence-electron chi connectivity index (χ4n) is 1.93. The van der Waals surface area contributed by atoms with Gasteiger partial charge in [-0.1, -0.05) is 15.9 Å². The molecule has 0 aliphatic rings. The lowest BCUT2D eigenvalue weighted by atomic mass is 10.0. The summed E-state index contributed by atoms with van der Waals surface area (Å²) < 4.78 is 11.4. The van der Waals surface area contributed by atoms with Crippen molar-refractivity contribution in [3.05, 3.63) is 57.6 Å². The van der Waals surface area contributed by atoms with Gasteiger partial charge in [-0.05, 0) is 48.9 Å². The van der Waals surface area contributed by atoms with E-state index in [1.165, 1.54) is 0 Å². The lowest BCUT2D eigenvalue weighted by Crippen LogP contribution is -2.05. The van der Waals surface area contributed by atoms with Crippen LogP contribution in [0.4, 0.5) is 0 Å². The smallest absolute Gasteiger partial charge is 0.196 e. The second-order valence-electron chi connectivity index (χ2n) is 4.36. The molecule has 0 heterocycles. The number of hydrogen-bond donors (Lipinski definition) is 0. The van der Waals surface area contributed by atoms with Crippen molar-refractivity contribution in [3.8, 4) is 11.5 Å². The number of methoxy groups -OCH3 is 2. The fraction of sp³-hybridized carbons (Fsp3) is 0.188. The molecule has 3 nitrogen and oxygen atoms in total. The van der Waals surface area contributed by atoms with Crippen LogP contribution in [-0.2, 0) is 0 Å². The topological polar surface area (TPSA) is 35.5 Å². The Balaban J connectivity index is 2.48. The van der Waals surface area contributed by atoms with Gasteiger partial charge in [0.05, 0.1) is 19.8 Å². The number of carbonyl (C=O) groups excluding carboxylic acids is 1. The maximum absolute atomic E-state index is 12.6. The second kappa shape index (κ2) is 6.09. The minimum absolute atomic E-state index is 0.0867. The molecule has 20 heavy (non-hydrogen) atoms. The van der Waals surface area contributed by atoms with Gasteiger partial charge in [0.2, 0.25) is 0 Å². The molecule has 0 atom stereocenters. The highest BCUT2D eigenvalue weighted by Gasteiger charge is 2.16. The number of halogens is 1. The molecule has 0 saturated heterocycles. The molecule has 0 aliphatic heterocycles. The van der Waals surface area contributed by atoms with Gasteiger partial charge in [-0.2, -0.15) is 0 Å². The summed E-state index contributed by atoms with van der Waals surface area (Å²) in [6, 6.07) is 10.7. The Hall–Kier alpha value is -1.81. The van der Waals surface area contributed by atoms with E-state index in [4.69, 9.17) is 9.47 Å². The average molecular weight is 335 g/mol. The van der Waals surface area contributed by atoms with Crippen molar-refractivity contribution < 1.29 is 14.3 Å². The zero-order chi connectivity index (χ0) is 14.7. The van der Waals surface area contributed by atoms with Gasteiger partial charge >= 0.3 is 0 Å². The van der Waals surface area contributed by atoms with Crippen LogP contribution in [0.2, 0.25) is 0 Å². The number of hydrogen-bond acceptors (Lipinski definition) is 3. The third kappa shape index (κ3) is 2.85. The van der Waals surface area contributed by atoms with Gasteiger partial charge in [0.25, 0.3) is 0 Å². The van der Waals surface area contributed by atoms with E-state index < -0.39 is 0 Å². The Morgan fingerprint density at radius 1 is 1.05 bits per heavy atom. The van der Waals surface area contributed by atoms with E-state index in [9.17, 15) is 4.79 Å². The van der Waals surface area contributed by atoms with E-state index >= 15 is 0 Å². The van der Waals surface area contributed by atoms with Crippen molar-refractivity contribution in [2.75, 3.05) is 14.2 Å². The molecule has 0 saturated carbocycles. The molecule has 0 bridgehead atoms. The first-order valence-electron chi connectivity index (χ1n) is 6.09.